The fourth-order valence-corrected chi connectivity index (χ4v) is 6.23. The van der Waals surface area contributed by atoms with Crippen LogP contribution in [-0.2, 0) is 18.7 Å². The Hall–Kier alpha value is -2.47. The number of rotatable bonds is 2. The number of carboxylic acids is 1. The second-order valence-electron chi connectivity index (χ2n) is 7.02. The highest BCUT2D eigenvalue weighted by Gasteiger charge is 2.67. The highest BCUT2D eigenvalue weighted by molar-refractivity contribution is 9.09. The van der Waals surface area contributed by atoms with Gasteiger partial charge in [0.25, 0.3) is 0 Å². The Morgan fingerprint density at radius 1 is 1.00 bits per heavy atom. The molecule has 2 aromatic rings. The predicted octanol–water partition coefficient (Wildman–Crippen LogP) is 2.47. The standard InChI is InChI=1S/C20H14BrNO4/c21-20-12-7-3-1-5-10(12)15(11-6-2-4-8-13(11)20)16-17(20)19(26)22(18(16)25)9-14(23)24/h1-8,15-17H,9H2,(H,23,24)/t15?,16-,17+,20?/m0/s1. The van der Waals surface area contributed by atoms with Crippen molar-refractivity contribution in [1.82, 2.24) is 4.90 Å². The topological polar surface area (TPSA) is 74.7 Å². The minimum Gasteiger partial charge on any atom is -0.480 e. The first-order chi connectivity index (χ1) is 12.5. The van der Waals surface area contributed by atoms with Crippen LogP contribution >= 0.6 is 15.9 Å². The summed E-state index contributed by atoms with van der Waals surface area (Å²) in [4.78, 5) is 38.3. The third-order valence-electron chi connectivity index (χ3n) is 5.90. The van der Waals surface area contributed by atoms with Crippen molar-refractivity contribution >= 4 is 33.7 Å². The fraction of sp³-hybridized carbons (Fsp3) is 0.250. The Balaban J connectivity index is 1.80. The Kier molecular flexibility index (Phi) is 3.05. The van der Waals surface area contributed by atoms with E-state index in [0.29, 0.717) is 0 Å². The third kappa shape index (κ3) is 1.68. The molecule has 26 heavy (non-hydrogen) atoms. The van der Waals surface area contributed by atoms with Gasteiger partial charge in [-0.1, -0.05) is 64.5 Å². The fourth-order valence-electron chi connectivity index (χ4n) is 5.03. The summed E-state index contributed by atoms with van der Waals surface area (Å²) < 4.78 is -0.820. The monoisotopic (exact) mass is 411 g/mol. The minimum atomic E-state index is -1.18. The van der Waals surface area contributed by atoms with Gasteiger partial charge in [-0.05, 0) is 22.3 Å². The van der Waals surface area contributed by atoms with Crippen LogP contribution in [0.1, 0.15) is 28.2 Å². The van der Waals surface area contributed by atoms with E-state index in [0.717, 1.165) is 27.2 Å². The zero-order valence-corrected chi connectivity index (χ0v) is 15.1. The Morgan fingerprint density at radius 2 is 1.54 bits per heavy atom. The van der Waals surface area contributed by atoms with Gasteiger partial charge < -0.3 is 5.11 Å². The second-order valence-corrected chi connectivity index (χ2v) is 8.27. The first kappa shape index (κ1) is 15.8. The van der Waals surface area contributed by atoms with Crippen LogP contribution in [0.4, 0.5) is 0 Å². The SMILES string of the molecule is O=C(O)CN1C(=O)[C@H]2C3c4ccccc4C(Br)(c4ccccc43)[C@H]2C1=O. The maximum absolute atomic E-state index is 13.1. The average Bonchev–Trinajstić information content (AvgIpc) is 2.88. The number of benzene rings is 2. The van der Waals surface area contributed by atoms with E-state index < -0.39 is 34.6 Å². The summed E-state index contributed by atoms with van der Waals surface area (Å²) in [5, 5.41) is 9.14. The number of aliphatic carboxylic acids is 1. The van der Waals surface area contributed by atoms with Crippen LogP contribution in [-0.4, -0.2) is 34.3 Å². The van der Waals surface area contributed by atoms with Gasteiger partial charge in [-0.3, -0.25) is 19.3 Å². The van der Waals surface area contributed by atoms with Crippen LogP contribution in [0.3, 0.4) is 0 Å². The van der Waals surface area contributed by atoms with Crippen molar-refractivity contribution in [3.05, 3.63) is 70.8 Å². The zero-order valence-electron chi connectivity index (χ0n) is 13.6. The van der Waals surface area contributed by atoms with E-state index in [-0.39, 0.29) is 11.8 Å². The number of carbonyl (C=O) groups is 3. The predicted molar refractivity (Wildman–Crippen MR) is 95.8 cm³/mol. The van der Waals surface area contributed by atoms with Gasteiger partial charge in [-0.25, -0.2) is 0 Å². The van der Waals surface area contributed by atoms with E-state index in [4.69, 9.17) is 5.11 Å². The highest BCUT2D eigenvalue weighted by Crippen LogP contribution is 2.66. The molecule has 1 fully saturated rings. The van der Waals surface area contributed by atoms with Crippen LogP contribution in [0.25, 0.3) is 0 Å². The molecule has 130 valence electrons. The number of carbonyl (C=O) groups excluding carboxylic acids is 2. The Morgan fingerprint density at radius 3 is 2.08 bits per heavy atom. The van der Waals surface area contributed by atoms with Crippen molar-refractivity contribution in [1.29, 1.82) is 0 Å². The van der Waals surface area contributed by atoms with E-state index in [9.17, 15) is 14.4 Å². The van der Waals surface area contributed by atoms with Gasteiger partial charge in [0.15, 0.2) is 0 Å². The summed E-state index contributed by atoms with van der Waals surface area (Å²) in [5.74, 6) is -3.43. The normalized spacial score (nSPS) is 30.8. The number of imide groups is 1. The summed E-state index contributed by atoms with van der Waals surface area (Å²) in [7, 11) is 0. The number of hydrogen-bond donors (Lipinski definition) is 1. The summed E-state index contributed by atoms with van der Waals surface area (Å²) in [6.07, 6.45) is 0. The Bertz CT molecular complexity index is 953. The van der Waals surface area contributed by atoms with Gasteiger partial charge in [-0.15, -0.1) is 0 Å². The van der Waals surface area contributed by atoms with Crippen LogP contribution in [0, 0.1) is 11.8 Å². The Labute approximate surface area is 157 Å². The number of likely N-dealkylation sites (tertiary alicyclic amines) is 1. The lowest BCUT2D eigenvalue weighted by Crippen LogP contribution is -2.50. The van der Waals surface area contributed by atoms with Crippen LogP contribution < -0.4 is 0 Å². The first-order valence-corrected chi connectivity index (χ1v) is 9.20. The molecule has 0 unspecified atom stereocenters. The van der Waals surface area contributed by atoms with Crippen molar-refractivity contribution in [3.63, 3.8) is 0 Å². The van der Waals surface area contributed by atoms with Crippen LogP contribution in [0.2, 0.25) is 0 Å². The third-order valence-corrected chi connectivity index (χ3v) is 7.25. The second kappa shape index (κ2) is 5.04. The smallest absolute Gasteiger partial charge is 0.323 e. The summed E-state index contributed by atoms with van der Waals surface area (Å²) in [6, 6.07) is 15.7. The van der Waals surface area contributed by atoms with Crippen molar-refractivity contribution in [2.75, 3.05) is 6.54 Å². The molecule has 2 amide bonds. The van der Waals surface area contributed by atoms with Gasteiger partial charge >= 0.3 is 5.97 Å². The highest BCUT2D eigenvalue weighted by atomic mass is 79.9. The molecular weight excluding hydrogens is 398 g/mol. The van der Waals surface area contributed by atoms with Crippen molar-refractivity contribution in [3.8, 4) is 0 Å². The molecule has 0 radical (unpaired) electrons. The maximum atomic E-state index is 13.1. The van der Waals surface area contributed by atoms with Crippen LogP contribution in [0.15, 0.2) is 48.5 Å². The molecule has 0 aromatic heterocycles. The van der Waals surface area contributed by atoms with E-state index in [1.165, 1.54) is 0 Å². The molecule has 2 atom stereocenters. The van der Waals surface area contributed by atoms with Crippen molar-refractivity contribution in [2.24, 2.45) is 11.8 Å². The molecule has 2 aromatic carbocycles. The molecule has 1 N–H and O–H groups in total. The lowest BCUT2D eigenvalue weighted by atomic mass is 9.55. The number of amides is 2. The van der Waals surface area contributed by atoms with E-state index in [2.05, 4.69) is 15.9 Å². The average molecular weight is 412 g/mol. The summed E-state index contributed by atoms with van der Waals surface area (Å²) >= 11 is 3.85. The van der Waals surface area contributed by atoms with Gasteiger partial charge in [0, 0.05) is 5.92 Å². The summed E-state index contributed by atoms with van der Waals surface area (Å²) in [6.45, 7) is -0.590. The molecule has 4 aliphatic rings. The molecule has 5 nitrogen and oxygen atoms in total. The maximum Gasteiger partial charge on any atom is 0.323 e. The molecule has 3 aliphatic carbocycles. The van der Waals surface area contributed by atoms with E-state index in [1.807, 2.05) is 48.5 Å². The molecule has 1 heterocycles. The number of halogens is 1. The first-order valence-electron chi connectivity index (χ1n) is 8.41. The molecule has 0 spiro atoms. The van der Waals surface area contributed by atoms with E-state index >= 15 is 0 Å². The van der Waals surface area contributed by atoms with Gasteiger partial charge in [0.2, 0.25) is 11.8 Å². The van der Waals surface area contributed by atoms with Gasteiger partial charge in [0.1, 0.15) is 6.54 Å². The summed E-state index contributed by atoms with van der Waals surface area (Å²) in [5.41, 5.74) is 4.04. The van der Waals surface area contributed by atoms with Gasteiger partial charge in [-0.2, -0.15) is 0 Å². The molecule has 1 saturated heterocycles. The number of carboxylic acid groups (broad SMARTS) is 1. The van der Waals surface area contributed by atoms with E-state index in [1.54, 1.807) is 0 Å². The molecule has 2 bridgehead atoms. The molecule has 6 heteroatoms. The molecular formula is C20H14BrNO4. The van der Waals surface area contributed by atoms with Crippen molar-refractivity contribution in [2.45, 2.75) is 10.2 Å². The lowest BCUT2D eigenvalue weighted by Gasteiger charge is -2.51. The lowest BCUT2D eigenvalue weighted by molar-refractivity contribution is -0.149. The number of alkyl halides is 1. The van der Waals surface area contributed by atoms with Crippen molar-refractivity contribution < 1.29 is 19.5 Å². The quantitative estimate of drug-likeness (QED) is 0.608. The zero-order chi connectivity index (χ0) is 18.2. The molecule has 6 rings (SSSR count). The number of hydrogen-bond acceptors (Lipinski definition) is 3. The molecule has 1 aliphatic heterocycles. The van der Waals surface area contributed by atoms with Crippen LogP contribution in [0.5, 0.6) is 0 Å². The molecule has 0 saturated carbocycles. The number of nitrogens with zero attached hydrogens (tertiary/aromatic N) is 1. The van der Waals surface area contributed by atoms with Gasteiger partial charge in [0.05, 0.1) is 16.2 Å². The largest absolute Gasteiger partial charge is 0.480 e. The minimum absolute atomic E-state index is 0.234.